The van der Waals surface area contributed by atoms with Crippen LogP contribution in [0.5, 0.6) is 5.75 Å². The number of nitrogens with one attached hydrogen (secondary N) is 1. The van der Waals surface area contributed by atoms with E-state index in [4.69, 9.17) is 14.6 Å². The maximum atomic E-state index is 12.0. The number of ether oxygens (including phenoxy) is 2. The lowest BCUT2D eigenvalue weighted by molar-refractivity contribution is -0.148. The van der Waals surface area contributed by atoms with Crippen LogP contribution < -0.4 is 10.1 Å². The SMILES string of the molecule is CO[C@@H](Cc1ccc(OCC(=O)NC(C)c2ccccc2)cc1)C(=O)O. The molecule has 2 aromatic carbocycles. The van der Waals surface area contributed by atoms with E-state index in [-0.39, 0.29) is 25.0 Å². The topological polar surface area (TPSA) is 84.9 Å². The molecule has 2 rings (SSSR count). The van der Waals surface area contributed by atoms with Crippen molar-refractivity contribution in [3.05, 3.63) is 65.7 Å². The van der Waals surface area contributed by atoms with Gasteiger partial charge in [-0.25, -0.2) is 4.79 Å². The minimum atomic E-state index is -1.00. The molecule has 0 spiro atoms. The van der Waals surface area contributed by atoms with E-state index in [1.807, 2.05) is 37.3 Å². The summed E-state index contributed by atoms with van der Waals surface area (Å²) in [6, 6.07) is 16.5. The zero-order valence-corrected chi connectivity index (χ0v) is 14.8. The molecule has 2 atom stereocenters. The van der Waals surface area contributed by atoms with Crippen LogP contribution in [-0.2, 0) is 20.7 Å². The molecule has 1 unspecified atom stereocenters. The summed E-state index contributed by atoms with van der Waals surface area (Å²) in [6.07, 6.45) is -0.617. The number of carboxylic acid groups (broad SMARTS) is 1. The Morgan fingerprint density at radius 1 is 1.08 bits per heavy atom. The fourth-order valence-corrected chi connectivity index (χ4v) is 2.46. The van der Waals surface area contributed by atoms with Crippen molar-refractivity contribution in [2.45, 2.75) is 25.5 Å². The molecule has 6 nitrogen and oxygen atoms in total. The molecular formula is C20H23NO5. The Morgan fingerprint density at radius 3 is 2.31 bits per heavy atom. The lowest BCUT2D eigenvalue weighted by Crippen LogP contribution is -2.31. The van der Waals surface area contributed by atoms with Gasteiger partial charge < -0.3 is 19.9 Å². The zero-order chi connectivity index (χ0) is 18.9. The Morgan fingerprint density at radius 2 is 1.73 bits per heavy atom. The Labute approximate surface area is 152 Å². The largest absolute Gasteiger partial charge is 0.484 e. The van der Waals surface area contributed by atoms with Gasteiger partial charge in [0.15, 0.2) is 12.7 Å². The highest BCUT2D eigenvalue weighted by Gasteiger charge is 2.16. The second-order valence-corrected chi connectivity index (χ2v) is 5.90. The molecule has 0 bridgehead atoms. The number of hydrogen-bond donors (Lipinski definition) is 2. The molecule has 0 aliphatic heterocycles. The van der Waals surface area contributed by atoms with Crippen LogP contribution in [0, 0.1) is 0 Å². The Hall–Kier alpha value is -2.86. The molecule has 1 amide bonds. The van der Waals surface area contributed by atoms with E-state index in [1.54, 1.807) is 24.3 Å². The fraction of sp³-hybridized carbons (Fsp3) is 0.300. The molecule has 2 aromatic rings. The third-order valence-corrected chi connectivity index (χ3v) is 3.95. The lowest BCUT2D eigenvalue weighted by atomic mass is 10.1. The Kier molecular flexibility index (Phi) is 7.17. The van der Waals surface area contributed by atoms with Gasteiger partial charge in [-0.2, -0.15) is 0 Å². The maximum Gasteiger partial charge on any atom is 0.333 e. The Balaban J connectivity index is 1.82. The van der Waals surface area contributed by atoms with Gasteiger partial charge in [0.05, 0.1) is 6.04 Å². The van der Waals surface area contributed by atoms with E-state index >= 15 is 0 Å². The molecule has 138 valence electrons. The number of rotatable bonds is 9. The number of amides is 1. The van der Waals surface area contributed by atoms with Crippen LogP contribution in [0.1, 0.15) is 24.1 Å². The standard InChI is InChI=1S/C20H23NO5/c1-14(16-6-4-3-5-7-16)21-19(22)13-26-17-10-8-15(9-11-17)12-18(25-2)20(23)24/h3-11,14,18H,12-13H2,1-2H3,(H,21,22)(H,23,24)/t14?,18-/m0/s1. The quantitative estimate of drug-likeness (QED) is 0.720. The summed E-state index contributed by atoms with van der Waals surface area (Å²) >= 11 is 0. The van der Waals surface area contributed by atoms with E-state index in [0.29, 0.717) is 5.75 Å². The summed E-state index contributed by atoms with van der Waals surface area (Å²) in [6.45, 7) is 1.82. The van der Waals surface area contributed by atoms with Gasteiger partial charge in [-0.1, -0.05) is 42.5 Å². The second-order valence-electron chi connectivity index (χ2n) is 5.90. The molecule has 2 N–H and O–H groups in total. The molecule has 0 aliphatic carbocycles. The third-order valence-electron chi connectivity index (χ3n) is 3.95. The van der Waals surface area contributed by atoms with Gasteiger partial charge in [0.25, 0.3) is 5.91 Å². The predicted octanol–water partition coefficient (Wildman–Crippen LogP) is 2.58. The highest BCUT2D eigenvalue weighted by molar-refractivity contribution is 5.78. The number of hydrogen-bond acceptors (Lipinski definition) is 4. The molecule has 0 fully saturated rings. The van der Waals surface area contributed by atoms with Gasteiger partial charge in [-0.3, -0.25) is 4.79 Å². The highest BCUT2D eigenvalue weighted by atomic mass is 16.5. The molecule has 0 heterocycles. The molecule has 0 saturated heterocycles. The number of carbonyl (C=O) groups excluding carboxylic acids is 1. The van der Waals surface area contributed by atoms with Crippen LogP contribution in [0.3, 0.4) is 0 Å². The minimum absolute atomic E-state index is 0.0909. The van der Waals surface area contributed by atoms with Gasteiger partial charge in [-0.05, 0) is 30.2 Å². The number of benzene rings is 2. The number of aliphatic carboxylic acids is 1. The summed E-state index contributed by atoms with van der Waals surface area (Å²) in [5.41, 5.74) is 1.84. The van der Waals surface area contributed by atoms with Crippen LogP contribution in [0.2, 0.25) is 0 Å². The van der Waals surface area contributed by atoms with Crippen molar-refractivity contribution in [1.82, 2.24) is 5.32 Å². The molecule has 0 aliphatic rings. The molecule has 0 saturated carbocycles. The normalized spacial score (nSPS) is 12.8. The molecule has 26 heavy (non-hydrogen) atoms. The van der Waals surface area contributed by atoms with Crippen molar-refractivity contribution in [2.75, 3.05) is 13.7 Å². The minimum Gasteiger partial charge on any atom is -0.484 e. The predicted molar refractivity (Wildman–Crippen MR) is 97.1 cm³/mol. The van der Waals surface area contributed by atoms with Crippen molar-refractivity contribution in [1.29, 1.82) is 0 Å². The molecule has 0 aromatic heterocycles. The van der Waals surface area contributed by atoms with Gasteiger partial charge in [0.2, 0.25) is 0 Å². The van der Waals surface area contributed by atoms with Crippen molar-refractivity contribution in [2.24, 2.45) is 0 Å². The number of carboxylic acids is 1. The summed E-state index contributed by atoms with van der Waals surface area (Å²) in [4.78, 5) is 23.0. The van der Waals surface area contributed by atoms with Crippen molar-refractivity contribution in [3.63, 3.8) is 0 Å². The monoisotopic (exact) mass is 357 g/mol. The number of carbonyl (C=O) groups is 2. The summed E-state index contributed by atoms with van der Waals surface area (Å²) in [5, 5.41) is 11.9. The first kappa shape index (κ1) is 19.5. The third kappa shape index (κ3) is 5.89. The Bertz CT molecular complexity index is 715. The van der Waals surface area contributed by atoms with Crippen molar-refractivity contribution >= 4 is 11.9 Å². The smallest absolute Gasteiger partial charge is 0.333 e. The summed E-state index contributed by atoms with van der Waals surface area (Å²) in [5.74, 6) is -0.673. The molecule has 0 radical (unpaired) electrons. The van der Waals surface area contributed by atoms with Gasteiger partial charge in [0.1, 0.15) is 5.75 Å². The molecular weight excluding hydrogens is 334 g/mol. The van der Waals surface area contributed by atoms with E-state index in [2.05, 4.69) is 5.32 Å². The van der Waals surface area contributed by atoms with Crippen LogP contribution in [-0.4, -0.2) is 36.8 Å². The first-order valence-electron chi connectivity index (χ1n) is 8.31. The molecule has 6 heteroatoms. The summed E-state index contributed by atoms with van der Waals surface area (Å²) in [7, 11) is 1.37. The maximum absolute atomic E-state index is 12.0. The lowest BCUT2D eigenvalue weighted by Gasteiger charge is -2.15. The van der Waals surface area contributed by atoms with E-state index in [9.17, 15) is 9.59 Å². The first-order chi connectivity index (χ1) is 12.5. The van der Waals surface area contributed by atoms with E-state index in [0.717, 1.165) is 11.1 Å². The van der Waals surface area contributed by atoms with Crippen LogP contribution in [0.4, 0.5) is 0 Å². The van der Waals surface area contributed by atoms with Crippen molar-refractivity contribution in [3.8, 4) is 5.75 Å². The van der Waals surface area contributed by atoms with Gasteiger partial charge in [0, 0.05) is 13.5 Å². The average molecular weight is 357 g/mol. The van der Waals surface area contributed by atoms with E-state index < -0.39 is 12.1 Å². The average Bonchev–Trinajstić information content (AvgIpc) is 2.65. The van der Waals surface area contributed by atoms with Crippen LogP contribution >= 0.6 is 0 Å². The highest BCUT2D eigenvalue weighted by Crippen LogP contribution is 2.15. The fourth-order valence-electron chi connectivity index (χ4n) is 2.46. The van der Waals surface area contributed by atoms with Crippen LogP contribution in [0.25, 0.3) is 0 Å². The number of methoxy groups -OCH3 is 1. The zero-order valence-electron chi connectivity index (χ0n) is 14.8. The first-order valence-corrected chi connectivity index (χ1v) is 8.31. The summed E-state index contributed by atoms with van der Waals surface area (Å²) < 4.78 is 10.4. The van der Waals surface area contributed by atoms with Crippen LogP contribution in [0.15, 0.2) is 54.6 Å². The van der Waals surface area contributed by atoms with Gasteiger partial charge in [-0.15, -0.1) is 0 Å². The van der Waals surface area contributed by atoms with Gasteiger partial charge >= 0.3 is 5.97 Å². The second kappa shape index (κ2) is 9.58. The van der Waals surface area contributed by atoms with Crippen molar-refractivity contribution < 1.29 is 24.2 Å². The van der Waals surface area contributed by atoms with E-state index in [1.165, 1.54) is 7.11 Å².